The van der Waals surface area contributed by atoms with E-state index < -0.39 is 0 Å². The Bertz CT molecular complexity index is 453. The first kappa shape index (κ1) is 11.7. The largest absolute Gasteiger partial charge is 0.361 e. The Balaban J connectivity index is 1.69. The fraction of sp³-hybridized carbons (Fsp3) is 0.692. The highest BCUT2D eigenvalue weighted by atomic mass is 16.5. The number of rotatable bonds is 3. The van der Waals surface area contributed by atoms with Gasteiger partial charge in [-0.3, -0.25) is 4.79 Å². The second-order valence-electron chi connectivity index (χ2n) is 5.41. The van der Waals surface area contributed by atoms with Gasteiger partial charge in [0, 0.05) is 31.6 Å². The molecule has 3 rings (SSSR count). The van der Waals surface area contributed by atoms with Crippen LogP contribution in [0.3, 0.4) is 0 Å². The summed E-state index contributed by atoms with van der Waals surface area (Å²) in [7, 11) is 0. The first-order chi connectivity index (χ1) is 8.69. The zero-order chi connectivity index (χ0) is 12.7. The summed E-state index contributed by atoms with van der Waals surface area (Å²) in [4.78, 5) is 14.1. The van der Waals surface area contributed by atoms with E-state index in [-0.39, 0.29) is 11.9 Å². The molecule has 2 atom stereocenters. The number of carbonyl (C=O) groups excluding carboxylic acids is 1. The predicted molar refractivity (Wildman–Crippen MR) is 66.0 cm³/mol. The third kappa shape index (κ3) is 2.03. The maximum Gasteiger partial charge on any atom is 0.276 e. The molecule has 1 saturated carbocycles. The molecule has 2 N–H and O–H groups in total. The average Bonchev–Trinajstić information content (AvgIpc) is 2.97. The number of aryl methyl sites for hydroxylation is 1. The van der Waals surface area contributed by atoms with Crippen molar-refractivity contribution in [2.45, 2.75) is 32.2 Å². The normalized spacial score (nSPS) is 27.8. The van der Waals surface area contributed by atoms with E-state index in [0.29, 0.717) is 18.2 Å². The van der Waals surface area contributed by atoms with Gasteiger partial charge in [0.1, 0.15) is 5.76 Å². The van der Waals surface area contributed by atoms with E-state index in [1.165, 1.54) is 12.8 Å². The summed E-state index contributed by atoms with van der Waals surface area (Å²) < 4.78 is 5.08. The van der Waals surface area contributed by atoms with Gasteiger partial charge in [-0.15, -0.1) is 0 Å². The molecular formula is C13H19N3O2. The Morgan fingerprint density at radius 3 is 2.94 bits per heavy atom. The molecule has 1 saturated heterocycles. The molecule has 2 heterocycles. The SMILES string of the molecule is CCc1cc(C(=O)N2C[C@H](C3CC3)[C@@H](N)C2)no1. The molecule has 18 heavy (non-hydrogen) atoms. The lowest BCUT2D eigenvalue weighted by Crippen LogP contribution is -2.32. The van der Waals surface area contributed by atoms with Crippen LogP contribution >= 0.6 is 0 Å². The van der Waals surface area contributed by atoms with Gasteiger partial charge in [-0.2, -0.15) is 0 Å². The Morgan fingerprint density at radius 1 is 1.56 bits per heavy atom. The summed E-state index contributed by atoms with van der Waals surface area (Å²) in [5.74, 6) is 1.92. The van der Waals surface area contributed by atoms with Crippen molar-refractivity contribution in [1.82, 2.24) is 10.1 Å². The minimum absolute atomic E-state index is 0.0444. The summed E-state index contributed by atoms with van der Waals surface area (Å²) in [6.07, 6.45) is 3.29. The minimum atomic E-state index is -0.0444. The minimum Gasteiger partial charge on any atom is -0.361 e. The van der Waals surface area contributed by atoms with E-state index in [0.717, 1.165) is 24.6 Å². The first-order valence-electron chi connectivity index (χ1n) is 6.69. The Labute approximate surface area is 106 Å². The van der Waals surface area contributed by atoms with Crippen molar-refractivity contribution < 1.29 is 9.32 Å². The molecule has 1 aromatic heterocycles. The number of carbonyl (C=O) groups is 1. The van der Waals surface area contributed by atoms with Gasteiger partial charge in [0.05, 0.1) is 0 Å². The van der Waals surface area contributed by atoms with Gasteiger partial charge >= 0.3 is 0 Å². The molecular weight excluding hydrogens is 230 g/mol. The molecule has 2 aliphatic rings. The average molecular weight is 249 g/mol. The van der Waals surface area contributed by atoms with Gasteiger partial charge in [0.15, 0.2) is 5.69 Å². The molecule has 1 aliphatic carbocycles. The van der Waals surface area contributed by atoms with Crippen LogP contribution in [0.1, 0.15) is 36.0 Å². The molecule has 0 bridgehead atoms. The Morgan fingerprint density at radius 2 is 2.33 bits per heavy atom. The number of amides is 1. The Kier molecular flexibility index (Phi) is 2.86. The molecule has 0 spiro atoms. The highest BCUT2D eigenvalue weighted by molar-refractivity contribution is 5.92. The monoisotopic (exact) mass is 249 g/mol. The van der Waals surface area contributed by atoms with Gasteiger partial charge in [-0.1, -0.05) is 12.1 Å². The second-order valence-corrected chi connectivity index (χ2v) is 5.41. The van der Waals surface area contributed by atoms with Crippen LogP contribution in [-0.4, -0.2) is 35.1 Å². The van der Waals surface area contributed by atoms with Gasteiger partial charge < -0.3 is 15.2 Å². The van der Waals surface area contributed by atoms with Crippen LogP contribution in [0.25, 0.3) is 0 Å². The van der Waals surface area contributed by atoms with Crippen LogP contribution in [0.2, 0.25) is 0 Å². The molecule has 1 amide bonds. The molecule has 1 aliphatic heterocycles. The summed E-state index contributed by atoms with van der Waals surface area (Å²) >= 11 is 0. The van der Waals surface area contributed by atoms with Gasteiger partial charge in [-0.25, -0.2) is 0 Å². The van der Waals surface area contributed by atoms with Gasteiger partial charge in [-0.05, 0) is 24.7 Å². The number of hydrogen-bond donors (Lipinski definition) is 1. The number of nitrogens with two attached hydrogens (primary N) is 1. The molecule has 98 valence electrons. The number of hydrogen-bond acceptors (Lipinski definition) is 4. The number of likely N-dealkylation sites (tertiary alicyclic amines) is 1. The third-order valence-corrected chi connectivity index (χ3v) is 4.05. The van der Waals surface area contributed by atoms with Crippen molar-refractivity contribution in [3.05, 3.63) is 17.5 Å². The van der Waals surface area contributed by atoms with Crippen LogP contribution in [-0.2, 0) is 6.42 Å². The van der Waals surface area contributed by atoms with Crippen LogP contribution in [0.4, 0.5) is 0 Å². The lowest BCUT2D eigenvalue weighted by Gasteiger charge is -2.14. The molecule has 0 radical (unpaired) electrons. The zero-order valence-electron chi connectivity index (χ0n) is 10.6. The van der Waals surface area contributed by atoms with Crippen LogP contribution in [0.5, 0.6) is 0 Å². The molecule has 2 fully saturated rings. The van der Waals surface area contributed by atoms with Gasteiger partial charge in [0.2, 0.25) is 0 Å². The maximum atomic E-state index is 12.3. The molecule has 0 aromatic carbocycles. The molecule has 5 nitrogen and oxygen atoms in total. The highest BCUT2D eigenvalue weighted by Gasteiger charge is 2.42. The smallest absolute Gasteiger partial charge is 0.276 e. The Hall–Kier alpha value is -1.36. The van der Waals surface area contributed by atoms with Crippen molar-refractivity contribution in [1.29, 1.82) is 0 Å². The number of aromatic nitrogens is 1. The van der Waals surface area contributed by atoms with Crippen molar-refractivity contribution >= 4 is 5.91 Å². The summed E-state index contributed by atoms with van der Waals surface area (Å²) in [6, 6.07) is 1.86. The zero-order valence-corrected chi connectivity index (χ0v) is 10.6. The first-order valence-corrected chi connectivity index (χ1v) is 6.69. The van der Waals surface area contributed by atoms with E-state index in [4.69, 9.17) is 10.3 Å². The van der Waals surface area contributed by atoms with Crippen molar-refractivity contribution in [2.75, 3.05) is 13.1 Å². The fourth-order valence-corrected chi connectivity index (χ4v) is 2.79. The molecule has 0 unspecified atom stereocenters. The van der Waals surface area contributed by atoms with Crippen molar-refractivity contribution in [3.63, 3.8) is 0 Å². The van der Waals surface area contributed by atoms with E-state index in [1.54, 1.807) is 6.07 Å². The number of nitrogens with zero attached hydrogens (tertiary/aromatic N) is 2. The van der Waals surface area contributed by atoms with E-state index in [1.807, 2.05) is 11.8 Å². The van der Waals surface area contributed by atoms with E-state index in [9.17, 15) is 4.79 Å². The quantitative estimate of drug-likeness (QED) is 0.869. The lowest BCUT2D eigenvalue weighted by molar-refractivity contribution is 0.0774. The standard InChI is InChI=1S/C13H19N3O2/c1-2-9-5-12(15-18-9)13(17)16-6-10(8-3-4-8)11(14)7-16/h5,8,10-11H,2-4,6-7,14H2,1H3/t10-,11+/m1/s1. The highest BCUT2D eigenvalue weighted by Crippen LogP contribution is 2.41. The maximum absolute atomic E-state index is 12.3. The topological polar surface area (TPSA) is 72.4 Å². The summed E-state index contributed by atoms with van der Waals surface area (Å²) in [6.45, 7) is 3.40. The second kappa shape index (κ2) is 4.39. The van der Waals surface area contributed by atoms with Crippen LogP contribution < -0.4 is 5.73 Å². The molecule has 5 heteroatoms. The van der Waals surface area contributed by atoms with Crippen LogP contribution in [0.15, 0.2) is 10.6 Å². The van der Waals surface area contributed by atoms with Crippen molar-refractivity contribution in [2.24, 2.45) is 17.6 Å². The van der Waals surface area contributed by atoms with E-state index in [2.05, 4.69) is 5.16 Å². The van der Waals surface area contributed by atoms with E-state index >= 15 is 0 Å². The summed E-state index contributed by atoms with van der Waals surface area (Å²) in [5, 5.41) is 3.84. The van der Waals surface area contributed by atoms with Crippen LogP contribution in [0, 0.1) is 11.8 Å². The fourth-order valence-electron chi connectivity index (χ4n) is 2.79. The summed E-state index contributed by atoms with van der Waals surface area (Å²) in [5.41, 5.74) is 6.53. The van der Waals surface area contributed by atoms with Gasteiger partial charge in [0.25, 0.3) is 5.91 Å². The third-order valence-electron chi connectivity index (χ3n) is 4.05. The molecule has 1 aromatic rings. The van der Waals surface area contributed by atoms with Crippen molar-refractivity contribution in [3.8, 4) is 0 Å². The lowest BCUT2D eigenvalue weighted by atomic mass is 9.99. The predicted octanol–water partition coefficient (Wildman–Crippen LogP) is 1.05.